The van der Waals surface area contributed by atoms with Gasteiger partial charge in [0.2, 0.25) is 5.91 Å². The lowest BCUT2D eigenvalue weighted by Gasteiger charge is -2.46. The fourth-order valence-corrected chi connectivity index (χ4v) is 3.83. The Morgan fingerprint density at radius 1 is 1.26 bits per heavy atom. The molecule has 1 amide bonds. The Morgan fingerprint density at radius 2 is 1.96 bits per heavy atom. The van der Waals surface area contributed by atoms with Crippen molar-refractivity contribution in [2.75, 3.05) is 40.0 Å². The van der Waals surface area contributed by atoms with Crippen LogP contribution < -0.4 is 4.74 Å². The highest BCUT2D eigenvalue weighted by atomic mass is 19.3. The number of halogens is 2. The van der Waals surface area contributed by atoms with Crippen molar-refractivity contribution < 1.29 is 23.0 Å². The van der Waals surface area contributed by atoms with E-state index >= 15 is 0 Å². The highest BCUT2D eigenvalue weighted by Crippen LogP contribution is 2.35. The summed E-state index contributed by atoms with van der Waals surface area (Å²) in [5.41, 5.74) is 1.08. The van der Waals surface area contributed by atoms with Gasteiger partial charge in [-0.2, -0.15) is 0 Å². The molecule has 2 saturated heterocycles. The predicted molar refractivity (Wildman–Crippen MR) is 98.2 cm³/mol. The van der Waals surface area contributed by atoms with Crippen LogP contribution in [0.1, 0.15) is 25.3 Å². The number of ether oxygens (including phenoxy) is 2. The Hall–Kier alpha value is -1.73. The minimum absolute atomic E-state index is 0.00812. The van der Waals surface area contributed by atoms with E-state index in [0.717, 1.165) is 11.3 Å². The number of likely N-dealkylation sites (tertiary alicyclic amines) is 2. The topological polar surface area (TPSA) is 42.0 Å². The molecule has 0 saturated carbocycles. The van der Waals surface area contributed by atoms with Gasteiger partial charge < -0.3 is 14.4 Å². The third-order valence-electron chi connectivity index (χ3n) is 5.40. The van der Waals surface area contributed by atoms with Crippen molar-refractivity contribution in [1.29, 1.82) is 0 Å². The molecule has 3 rings (SSSR count). The zero-order chi connectivity index (χ0) is 19.4. The number of carbonyl (C=O) groups is 1. The molecule has 2 fully saturated rings. The maximum absolute atomic E-state index is 13.8. The van der Waals surface area contributed by atoms with Gasteiger partial charge in [0, 0.05) is 44.6 Å². The lowest BCUT2D eigenvalue weighted by Crippen LogP contribution is -2.62. The summed E-state index contributed by atoms with van der Waals surface area (Å²) >= 11 is 0. The molecule has 150 valence electrons. The third-order valence-corrected chi connectivity index (χ3v) is 5.40. The van der Waals surface area contributed by atoms with E-state index in [2.05, 4.69) is 0 Å². The Kier molecular flexibility index (Phi) is 6.32. The van der Waals surface area contributed by atoms with Crippen molar-refractivity contribution in [2.45, 2.75) is 44.2 Å². The number of methoxy groups -OCH3 is 1. The largest absolute Gasteiger partial charge is 0.497 e. The maximum atomic E-state index is 13.8. The van der Waals surface area contributed by atoms with Crippen LogP contribution in [0.4, 0.5) is 8.78 Å². The van der Waals surface area contributed by atoms with Crippen LogP contribution in [0.3, 0.4) is 0 Å². The lowest BCUT2D eigenvalue weighted by atomic mass is 10.0. The zero-order valence-corrected chi connectivity index (χ0v) is 16.0. The van der Waals surface area contributed by atoms with Crippen molar-refractivity contribution in [2.24, 2.45) is 0 Å². The summed E-state index contributed by atoms with van der Waals surface area (Å²) in [6.45, 7) is 3.54. The van der Waals surface area contributed by atoms with Crippen molar-refractivity contribution in [3.63, 3.8) is 0 Å². The first-order chi connectivity index (χ1) is 12.9. The molecule has 0 aliphatic carbocycles. The van der Waals surface area contributed by atoms with Gasteiger partial charge in [-0.3, -0.25) is 9.69 Å². The molecule has 1 aromatic rings. The van der Waals surface area contributed by atoms with Crippen molar-refractivity contribution >= 4 is 5.91 Å². The SMILES string of the molecule is CCOC[C@@H]1CC(F)(F)CN1C1CN(C(=O)CCc2ccc(OC)cc2)C1. The lowest BCUT2D eigenvalue weighted by molar-refractivity contribution is -0.139. The van der Waals surface area contributed by atoms with E-state index < -0.39 is 5.92 Å². The highest BCUT2D eigenvalue weighted by molar-refractivity contribution is 5.77. The number of aryl methyl sites for hydroxylation is 1. The van der Waals surface area contributed by atoms with Crippen molar-refractivity contribution in [3.8, 4) is 5.75 Å². The summed E-state index contributed by atoms with van der Waals surface area (Å²) in [5, 5.41) is 0. The van der Waals surface area contributed by atoms with E-state index in [4.69, 9.17) is 9.47 Å². The van der Waals surface area contributed by atoms with E-state index in [9.17, 15) is 13.6 Å². The molecule has 0 unspecified atom stereocenters. The summed E-state index contributed by atoms with van der Waals surface area (Å²) in [4.78, 5) is 16.0. The van der Waals surface area contributed by atoms with Gasteiger partial charge in [-0.05, 0) is 31.0 Å². The van der Waals surface area contributed by atoms with E-state index in [-0.39, 0.29) is 31.0 Å². The second kappa shape index (κ2) is 8.52. The molecule has 2 heterocycles. The predicted octanol–water partition coefficient (Wildman–Crippen LogP) is 2.58. The third kappa shape index (κ3) is 4.96. The standard InChI is InChI=1S/C20H28F2N2O3/c1-3-27-13-16-10-20(21,22)14-24(16)17-11-23(12-17)19(25)9-6-15-4-7-18(26-2)8-5-15/h4-5,7-8,16-17H,3,6,9-14H2,1-2H3/t16-/m0/s1. The summed E-state index contributed by atoms with van der Waals surface area (Å²) in [5.74, 6) is -1.80. The molecule has 2 aliphatic rings. The smallest absolute Gasteiger partial charge is 0.262 e. The average Bonchev–Trinajstić information content (AvgIpc) is 2.91. The van der Waals surface area contributed by atoms with Crippen LogP contribution in [0.2, 0.25) is 0 Å². The summed E-state index contributed by atoms with van der Waals surface area (Å²) < 4.78 is 38.1. The maximum Gasteiger partial charge on any atom is 0.262 e. The van der Waals surface area contributed by atoms with Gasteiger partial charge in [0.05, 0.1) is 20.3 Å². The molecule has 0 bridgehead atoms. The van der Waals surface area contributed by atoms with E-state index in [0.29, 0.717) is 39.1 Å². The van der Waals surface area contributed by atoms with Crippen LogP contribution in [0.25, 0.3) is 0 Å². The van der Waals surface area contributed by atoms with Gasteiger partial charge in [-0.25, -0.2) is 8.78 Å². The molecule has 0 spiro atoms. The number of benzene rings is 1. The van der Waals surface area contributed by atoms with Gasteiger partial charge in [-0.1, -0.05) is 12.1 Å². The van der Waals surface area contributed by atoms with Crippen LogP contribution in [0.15, 0.2) is 24.3 Å². The quantitative estimate of drug-likeness (QED) is 0.693. The Bertz CT molecular complexity index is 633. The minimum atomic E-state index is -2.67. The highest BCUT2D eigenvalue weighted by Gasteiger charge is 2.50. The van der Waals surface area contributed by atoms with Crippen LogP contribution in [-0.4, -0.2) is 73.7 Å². The molecule has 7 heteroatoms. The van der Waals surface area contributed by atoms with Gasteiger partial charge in [0.25, 0.3) is 5.92 Å². The summed E-state index contributed by atoms with van der Waals surface area (Å²) in [6, 6.07) is 7.41. The molecule has 2 aliphatic heterocycles. The minimum Gasteiger partial charge on any atom is -0.497 e. The number of hydrogen-bond acceptors (Lipinski definition) is 4. The number of alkyl halides is 2. The normalized spacial score (nSPS) is 22.7. The van der Waals surface area contributed by atoms with Crippen LogP contribution in [0, 0.1) is 0 Å². The fraction of sp³-hybridized carbons (Fsp3) is 0.650. The molecular weight excluding hydrogens is 354 g/mol. The van der Waals surface area contributed by atoms with E-state index in [1.165, 1.54) is 0 Å². The number of amides is 1. The Morgan fingerprint density at radius 3 is 2.59 bits per heavy atom. The van der Waals surface area contributed by atoms with Gasteiger partial charge in [-0.15, -0.1) is 0 Å². The number of rotatable bonds is 8. The molecule has 5 nitrogen and oxygen atoms in total. The van der Waals surface area contributed by atoms with Crippen LogP contribution >= 0.6 is 0 Å². The second-order valence-corrected chi connectivity index (χ2v) is 7.35. The Balaban J connectivity index is 1.45. The molecule has 1 aromatic carbocycles. The van der Waals surface area contributed by atoms with Crippen LogP contribution in [0.5, 0.6) is 5.75 Å². The number of hydrogen-bond donors (Lipinski definition) is 0. The first kappa shape index (κ1) is 20.0. The van der Waals surface area contributed by atoms with E-state index in [1.54, 1.807) is 12.0 Å². The molecule has 0 N–H and O–H groups in total. The zero-order valence-electron chi connectivity index (χ0n) is 16.0. The average molecular weight is 382 g/mol. The molecule has 27 heavy (non-hydrogen) atoms. The van der Waals surface area contributed by atoms with Gasteiger partial charge >= 0.3 is 0 Å². The molecule has 0 aromatic heterocycles. The van der Waals surface area contributed by atoms with Gasteiger partial charge in [0.15, 0.2) is 0 Å². The Labute approximate surface area is 159 Å². The fourth-order valence-electron chi connectivity index (χ4n) is 3.83. The number of nitrogens with zero attached hydrogens (tertiary/aromatic N) is 2. The monoisotopic (exact) mass is 382 g/mol. The van der Waals surface area contributed by atoms with Gasteiger partial charge in [0.1, 0.15) is 5.75 Å². The summed E-state index contributed by atoms with van der Waals surface area (Å²) in [7, 11) is 1.62. The van der Waals surface area contributed by atoms with E-state index in [1.807, 2.05) is 36.1 Å². The molecular formula is C20H28F2N2O3. The second-order valence-electron chi connectivity index (χ2n) is 7.35. The van der Waals surface area contributed by atoms with Crippen LogP contribution in [-0.2, 0) is 16.0 Å². The molecule has 0 radical (unpaired) electrons. The van der Waals surface area contributed by atoms with Crippen molar-refractivity contribution in [1.82, 2.24) is 9.80 Å². The number of carbonyl (C=O) groups excluding carboxylic acids is 1. The molecule has 1 atom stereocenters. The van der Waals surface area contributed by atoms with Crippen molar-refractivity contribution in [3.05, 3.63) is 29.8 Å². The first-order valence-corrected chi connectivity index (χ1v) is 9.54. The summed E-state index contributed by atoms with van der Waals surface area (Å²) in [6.07, 6.45) is 0.936. The first-order valence-electron chi connectivity index (χ1n) is 9.54.